The van der Waals surface area contributed by atoms with E-state index in [1.54, 1.807) is 6.20 Å². The quantitative estimate of drug-likeness (QED) is 0.865. The van der Waals surface area contributed by atoms with E-state index in [9.17, 15) is 0 Å². The minimum absolute atomic E-state index is 0.0232. The fourth-order valence-corrected chi connectivity index (χ4v) is 3.76. The van der Waals surface area contributed by atoms with Crippen molar-refractivity contribution in [1.29, 1.82) is 0 Å². The van der Waals surface area contributed by atoms with Crippen LogP contribution in [0.15, 0.2) is 42.6 Å². The van der Waals surface area contributed by atoms with Crippen LogP contribution >= 0.6 is 0 Å². The molecule has 0 bridgehead atoms. The van der Waals surface area contributed by atoms with E-state index in [2.05, 4.69) is 27.0 Å². The largest absolute Gasteiger partial charge is 0.470 e. The Kier molecular flexibility index (Phi) is 4.45. The first kappa shape index (κ1) is 15.5. The van der Waals surface area contributed by atoms with Crippen molar-refractivity contribution < 1.29 is 9.47 Å². The van der Waals surface area contributed by atoms with Gasteiger partial charge < -0.3 is 9.47 Å². The second-order valence-corrected chi connectivity index (χ2v) is 6.57. The number of nitrogens with zero attached hydrogens (tertiary/aromatic N) is 3. The van der Waals surface area contributed by atoms with Crippen LogP contribution in [0.25, 0.3) is 0 Å². The predicted molar refractivity (Wildman–Crippen MR) is 90.8 cm³/mol. The number of likely N-dealkylation sites (tertiary alicyclic amines) is 1. The van der Waals surface area contributed by atoms with Crippen LogP contribution in [0.1, 0.15) is 24.2 Å². The molecule has 2 aliphatic heterocycles. The number of rotatable bonds is 4. The Morgan fingerprint density at radius 2 is 2.21 bits per heavy atom. The molecule has 0 N–H and O–H groups in total. The number of ether oxygens (including phenoxy) is 2. The lowest BCUT2D eigenvalue weighted by Crippen LogP contribution is -2.42. The van der Waals surface area contributed by atoms with Crippen molar-refractivity contribution in [1.82, 2.24) is 14.9 Å². The third kappa shape index (κ3) is 3.28. The van der Waals surface area contributed by atoms with Gasteiger partial charge in [-0.05, 0) is 38.0 Å². The molecule has 0 saturated carbocycles. The van der Waals surface area contributed by atoms with Crippen molar-refractivity contribution in [3.05, 3.63) is 54.0 Å². The molecular weight excluding hydrogens is 302 g/mol. The van der Waals surface area contributed by atoms with Gasteiger partial charge >= 0.3 is 0 Å². The second kappa shape index (κ2) is 6.87. The van der Waals surface area contributed by atoms with Gasteiger partial charge in [0.1, 0.15) is 12.2 Å². The van der Waals surface area contributed by atoms with Gasteiger partial charge in [0.15, 0.2) is 0 Å². The number of aryl methyl sites for hydroxylation is 1. The minimum Gasteiger partial charge on any atom is -0.470 e. The number of aromatic nitrogens is 2. The van der Waals surface area contributed by atoms with Gasteiger partial charge in [-0.3, -0.25) is 9.88 Å². The summed E-state index contributed by atoms with van der Waals surface area (Å²) in [6.45, 7) is 4.54. The molecule has 2 aliphatic rings. The van der Waals surface area contributed by atoms with E-state index < -0.39 is 0 Å². The highest BCUT2D eigenvalue weighted by Gasteiger charge is 2.45. The Bertz CT molecular complexity index is 679. The summed E-state index contributed by atoms with van der Waals surface area (Å²) in [4.78, 5) is 11.4. The van der Waals surface area contributed by atoms with Crippen LogP contribution in [0.3, 0.4) is 0 Å². The molecule has 0 unspecified atom stereocenters. The van der Waals surface area contributed by atoms with Crippen molar-refractivity contribution in [2.75, 3.05) is 13.2 Å². The lowest BCUT2D eigenvalue weighted by atomic mass is 10.0. The zero-order valence-corrected chi connectivity index (χ0v) is 14.0. The smallest absolute Gasteiger partial charge is 0.213 e. The SMILES string of the molecule is Cc1cccc(CN2C[C@@H](Oc3ccccn3)[C@H]3OCCC[C@H]32)n1. The van der Waals surface area contributed by atoms with E-state index in [0.29, 0.717) is 11.9 Å². The highest BCUT2D eigenvalue weighted by atomic mass is 16.5. The minimum atomic E-state index is 0.0232. The van der Waals surface area contributed by atoms with Crippen molar-refractivity contribution in [3.8, 4) is 5.88 Å². The Morgan fingerprint density at radius 3 is 3.04 bits per heavy atom. The maximum Gasteiger partial charge on any atom is 0.213 e. The summed E-state index contributed by atoms with van der Waals surface area (Å²) in [6, 6.07) is 12.4. The third-order valence-electron chi connectivity index (χ3n) is 4.80. The van der Waals surface area contributed by atoms with E-state index in [0.717, 1.165) is 43.9 Å². The molecule has 24 heavy (non-hydrogen) atoms. The van der Waals surface area contributed by atoms with Crippen LogP contribution < -0.4 is 4.74 Å². The summed E-state index contributed by atoms with van der Waals surface area (Å²) in [5.41, 5.74) is 2.17. The predicted octanol–water partition coefficient (Wildman–Crippen LogP) is 2.60. The van der Waals surface area contributed by atoms with Crippen LogP contribution in [0.5, 0.6) is 5.88 Å². The molecular formula is C19H23N3O2. The van der Waals surface area contributed by atoms with Crippen LogP contribution in [-0.2, 0) is 11.3 Å². The highest BCUT2D eigenvalue weighted by molar-refractivity contribution is 5.13. The van der Waals surface area contributed by atoms with Gasteiger partial charge in [0.05, 0.1) is 5.69 Å². The van der Waals surface area contributed by atoms with Crippen LogP contribution in [0.4, 0.5) is 0 Å². The van der Waals surface area contributed by atoms with Crippen molar-refractivity contribution in [2.45, 2.75) is 44.6 Å². The summed E-state index contributed by atoms with van der Waals surface area (Å²) in [5, 5.41) is 0. The lowest BCUT2D eigenvalue weighted by molar-refractivity contribution is -0.0480. The maximum absolute atomic E-state index is 6.14. The molecule has 0 aliphatic carbocycles. The zero-order chi connectivity index (χ0) is 16.4. The summed E-state index contributed by atoms with van der Waals surface area (Å²) >= 11 is 0. The van der Waals surface area contributed by atoms with Gasteiger partial charge in [-0.1, -0.05) is 12.1 Å². The summed E-state index contributed by atoms with van der Waals surface area (Å²) in [5.74, 6) is 0.672. The van der Waals surface area contributed by atoms with Crippen LogP contribution in [0.2, 0.25) is 0 Å². The molecule has 0 aromatic carbocycles. The van der Waals surface area contributed by atoms with Crippen molar-refractivity contribution >= 4 is 0 Å². The normalized spacial score (nSPS) is 27.0. The number of fused-ring (bicyclic) bond motifs is 1. The first-order chi connectivity index (χ1) is 11.8. The average molecular weight is 325 g/mol. The molecule has 2 saturated heterocycles. The van der Waals surface area contributed by atoms with Gasteiger partial charge in [-0.15, -0.1) is 0 Å². The average Bonchev–Trinajstić information content (AvgIpc) is 2.94. The van der Waals surface area contributed by atoms with Crippen molar-refractivity contribution in [3.63, 3.8) is 0 Å². The zero-order valence-electron chi connectivity index (χ0n) is 14.0. The van der Waals surface area contributed by atoms with E-state index >= 15 is 0 Å². The molecule has 2 aromatic heterocycles. The standard InChI is InChI=1S/C19H23N3O2/c1-14-6-4-7-15(21-14)12-22-13-17(19-16(22)8-5-11-23-19)24-18-9-2-3-10-20-18/h2-4,6-7,9-10,16-17,19H,5,8,11-13H2,1H3/t16-,17-,19+/m1/s1. The fourth-order valence-electron chi connectivity index (χ4n) is 3.76. The molecule has 4 rings (SSSR count). The topological polar surface area (TPSA) is 47.5 Å². The van der Waals surface area contributed by atoms with Gasteiger partial charge in [0.25, 0.3) is 0 Å². The first-order valence-corrected chi connectivity index (χ1v) is 8.65. The number of hydrogen-bond donors (Lipinski definition) is 0. The Morgan fingerprint density at radius 1 is 1.25 bits per heavy atom. The molecule has 0 radical (unpaired) electrons. The van der Waals surface area contributed by atoms with E-state index in [-0.39, 0.29) is 12.2 Å². The monoisotopic (exact) mass is 325 g/mol. The van der Waals surface area contributed by atoms with Gasteiger partial charge in [0.2, 0.25) is 5.88 Å². The summed E-state index contributed by atoms with van der Waals surface area (Å²) in [7, 11) is 0. The van der Waals surface area contributed by atoms with Crippen LogP contribution in [0, 0.1) is 6.92 Å². The maximum atomic E-state index is 6.14. The molecule has 5 heteroatoms. The second-order valence-electron chi connectivity index (χ2n) is 6.57. The van der Waals surface area contributed by atoms with E-state index in [1.165, 1.54) is 0 Å². The fraction of sp³-hybridized carbons (Fsp3) is 0.474. The Labute approximate surface area is 142 Å². The Balaban J connectivity index is 1.50. The molecule has 2 aromatic rings. The van der Waals surface area contributed by atoms with Crippen molar-refractivity contribution in [2.24, 2.45) is 0 Å². The number of pyridine rings is 2. The summed E-state index contributed by atoms with van der Waals surface area (Å²) < 4.78 is 12.2. The molecule has 126 valence electrons. The van der Waals surface area contributed by atoms with Gasteiger partial charge in [-0.2, -0.15) is 0 Å². The third-order valence-corrected chi connectivity index (χ3v) is 4.80. The molecule has 2 fully saturated rings. The van der Waals surface area contributed by atoms with Gasteiger partial charge in [0, 0.05) is 43.7 Å². The molecule has 0 spiro atoms. The first-order valence-electron chi connectivity index (χ1n) is 8.65. The molecule has 0 amide bonds. The van der Waals surface area contributed by atoms with Crippen LogP contribution in [-0.4, -0.2) is 46.3 Å². The number of hydrogen-bond acceptors (Lipinski definition) is 5. The molecule has 5 nitrogen and oxygen atoms in total. The Hall–Kier alpha value is -1.98. The lowest BCUT2D eigenvalue weighted by Gasteiger charge is -2.32. The highest BCUT2D eigenvalue weighted by Crippen LogP contribution is 2.32. The van der Waals surface area contributed by atoms with E-state index in [1.807, 2.05) is 31.2 Å². The molecule has 4 heterocycles. The van der Waals surface area contributed by atoms with Gasteiger partial charge in [-0.25, -0.2) is 4.98 Å². The summed E-state index contributed by atoms with van der Waals surface area (Å²) in [6.07, 6.45) is 4.16. The molecule has 3 atom stereocenters. The van der Waals surface area contributed by atoms with E-state index in [4.69, 9.17) is 9.47 Å².